The van der Waals surface area contributed by atoms with Gasteiger partial charge in [-0.1, -0.05) is 6.07 Å². The number of piperidine rings is 1. The van der Waals surface area contributed by atoms with E-state index >= 15 is 0 Å². The van der Waals surface area contributed by atoms with Crippen LogP contribution in [0.5, 0.6) is 5.75 Å². The lowest BCUT2D eigenvalue weighted by atomic mass is 10.0. The summed E-state index contributed by atoms with van der Waals surface area (Å²) in [7, 11) is 1.65. The number of rotatable bonds is 4. The first-order valence-corrected chi connectivity index (χ1v) is 11.0. The third-order valence-electron chi connectivity index (χ3n) is 6.32. The molecule has 0 aliphatic carbocycles. The van der Waals surface area contributed by atoms with E-state index in [1.54, 1.807) is 13.3 Å². The van der Waals surface area contributed by atoms with Crippen LogP contribution in [0.2, 0.25) is 0 Å². The molecule has 6 rings (SSSR count). The number of benzene rings is 1. The number of H-pyrrole nitrogens is 2. The predicted octanol–water partition coefficient (Wildman–Crippen LogP) is 5.17. The van der Waals surface area contributed by atoms with Crippen LogP contribution in [-0.4, -0.2) is 45.3 Å². The average molecular weight is 425 g/mol. The fraction of sp³-hybridized carbons (Fsp3) is 0.240. The number of anilines is 1. The molecule has 1 saturated heterocycles. The van der Waals surface area contributed by atoms with E-state index in [1.807, 2.05) is 24.7 Å². The Balaban J connectivity index is 1.45. The number of aromatic nitrogens is 5. The van der Waals surface area contributed by atoms with E-state index < -0.39 is 0 Å². The molecular weight excluding hydrogens is 400 g/mol. The van der Waals surface area contributed by atoms with Crippen molar-refractivity contribution < 1.29 is 4.74 Å². The lowest BCUT2D eigenvalue weighted by molar-refractivity contribution is 0.413. The fourth-order valence-electron chi connectivity index (χ4n) is 4.64. The van der Waals surface area contributed by atoms with Crippen LogP contribution in [-0.2, 0) is 0 Å². The SMILES string of the molecule is COc1cncc(-c2ccc3[nH]nc(-c4cc5c(N6CCCCC6)cncc5[nH]4)c3c2)c1. The minimum absolute atomic E-state index is 0.739. The molecule has 1 fully saturated rings. The summed E-state index contributed by atoms with van der Waals surface area (Å²) in [5, 5.41) is 10.1. The van der Waals surface area contributed by atoms with Gasteiger partial charge in [0.1, 0.15) is 11.4 Å². The molecule has 32 heavy (non-hydrogen) atoms. The zero-order valence-corrected chi connectivity index (χ0v) is 17.9. The number of nitrogens with one attached hydrogen (secondary N) is 2. The van der Waals surface area contributed by atoms with E-state index in [2.05, 4.69) is 54.3 Å². The molecule has 0 bridgehead atoms. The van der Waals surface area contributed by atoms with E-state index in [0.29, 0.717) is 0 Å². The number of fused-ring (bicyclic) bond motifs is 2. The smallest absolute Gasteiger partial charge is 0.137 e. The second-order valence-electron chi connectivity index (χ2n) is 8.30. The van der Waals surface area contributed by atoms with Crippen molar-refractivity contribution in [3.05, 3.63) is 55.1 Å². The first-order chi connectivity index (χ1) is 15.8. The highest BCUT2D eigenvalue weighted by molar-refractivity contribution is 6.00. The minimum Gasteiger partial charge on any atom is -0.495 e. The van der Waals surface area contributed by atoms with E-state index in [0.717, 1.165) is 57.8 Å². The molecule has 1 aliphatic rings. The van der Waals surface area contributed by atoms with Crippen LogP contribution in [0.4, 0.5) is 5.69 Å². The second kappa shape index (κ2) is 7.67. The molecule has 0 amide bonds. The minimum atomic E-state index is 0.739. The normalized spacial score (nSPS) is 14.3. The maximum atomic E-state index is 5.34. The van der Waals surface area contributed by atoms with Crippen LogP contribution in [0.25, 0.3) is 44.3 Å². The van der Waals surface area contributed by atoms with Gasteiger partial charge in [-0.2, -0.15) is 5.10 Å². The maximum absolute atomic E-state index is 5.34. The van der Waals surface area contributed by atoms with Crippen molar-refractivity contribution in [1.29, 1.82) is 0 Å². The molecule has 7 nitrogen and oxygen atoms in total. The van der Waals surface area contributed by atoms with E-state index in [-0.39, 0.29) is 0 Å². The molecular formula is C25H24N6O. The first kappa shape index (κ1) is 18.9. The van der Waals surface area contributed by atoms with Crippen molar-refractivity contribution in [1.82, 2.24) is 25.1 Å². The topological polar surface area (TPSA) is 82.7 Å². The summed E-state index contributed by atoms with van der Waals surface area (Å²) in [6, 6.07) is 10.5. The predicted molar refractivity (Wildman–Crippen MR) is 127 cm³/mol. The van der Waals surface area contributed by atoms with Gasteiger partial charge in [0.25, 0.3) is 0 Å². The summed E-state index contributed by atoms with van der Waals surface area (Å²) < 4.78 is 5.34. The average Bonchev–Trinajstić information content (AvgIpc) is 3.48. The molecule has 0 saturated carbocycles. The molecule has 5 aromatic rings. The van der Waals surface area contributed by atoms with Gasteiger partial charge in [0.05, 0.1) is 48.1 Å². The maximum Gasteiger partial charge on any atom is 0.137 e. The quantitative estimate of drug-likeness (QED) is 0.416. The van der Waals surface area contributed by atoms with Crippen molar-refractivity contribution >= 4 is 27.5 Å². The molecule has 0 atom stereocenters. The summed E-state index contributed by atoms with van der Waals surface area (Å²) in [4.78, 5) is 14.8. The molecule has 160 valence electrons. The van der Waals surface area contributed by atoms with E-state index in [4.69, 9.17) is 4.74 Å². The highest BCUT2D eigenvalue weighted by atomic mass is 16.5. The van der Waals surface area contributed by atoms with Crippen molar-refractivity contribution in [2.24, 2.45) is 0 Å². The van der Waals surface area contributed by atoms with Crippen molar-refractivity contribution in [2.45, 2.75) is 19.3 Å². The van der Waals surface area contributed by atoms with Gasteiger partial charge in [-0.3, -0.25) is 15.1 Å². The summed E-state index contributed by atoms with van der Waals surface area (Å²) in [5.41, 5.74) is 7.19. The monoisotopic (exact) mass is 424 g/mol. The molecule has 0 radical (unpaired) electrons. The van der Waals surface area contributed by atoms with Gasteiger partial charge in [-0.25, -0.2) is 0 Å². The number of methoxy groups -OCH3 is 1. The van der Waals surface area contributed by atoms with Crippen molar-refractivity contribution in [3.8, 4) is 28.3 Å². The Labute approximate surface area is 185 Å². The highest BCUT2D eigenvalue weighted by Crippen LogP contribution is 2.35. The summed E-state index contributed by atoms with van der Waals surface area (Å²) >= 11 is 0. The summed E-state index contributed by atoms with van der Waals surface area (Å²) in [5.74, 6) is 0.739. The van der Waals surface area contributed by atoms with Crippen LogP contribution in [0.1, 0.15) is 19.3 Å². The van der Waals surface area contributed by atoms with Crippen molar-refractivity contribution in [3.63, 3.8) is 0 Å². The van der Waals surface area contributed by atoms with Crippen molar-refractivity contribution in [2.75, 3.05) is 25.1 Å². The third-order valence-corrected chi connectivity index (χ3v) is 6.32. The van der Waals surface area contributed by atoms with E-state index in [1.165, 1.54) is 30.3 Å². The molecule has 1 aromatic carbocycles. The van der Waals surface area contributed by atoms with Gasteiger partial charge in [0, 0.05) is 35.6 Å². The Hall–Kier alpha value is -3.87. The summed E-state index contributed by atoms with van der Waals surface area (Å²) in [6.45, 7) is 2.18. The van der Waals surface area contributed by atoms with Crippen LogP contribution in [0.15, 0.2) is 55.1 Å². The van der Waals surface area contributed by atoms with Crippen LogP contribution >= 0.6 is 0 Å². The van der Waals surface area contributed by atoms with Gasteiger partial charge in [0.15, 0.2) is 0 Å². The molecule has 1 aliphatic heterocycles. The number of hydrogen-bond acceptors (Lipinski definition) is 5. The third kappa shape index (κ3) is 3.17. The van der Waals surface area contributed by atoms with Crippen LogP contribution < -0.4 is 9.64 Å². The lowest BCUT2D eigenvalue weighted by Gasteiger charge is -2.28. The molecule has 7 heteroatoms. The summed E-state index contributed by atoms with van der Waals surface area (Å²) in [6.07, 6.45) is 11.2. The number of aromatic amines is 2. The highest BCUT2D eigenvalue weighted by Gasteiger charge is 2.18. The Morgan fingerprint density at radius 1 is 0.844 bits per heavy atom. The number of nitrogens with zero attached hydrogens (tertiary/aromatic N) is 4. The van der Waals surface area contributed by atoms with Gasteiger partial charge < -0.3 is 14.6 Å². The Morgan fingerprint density at radius 3 is 2.59 bits per heavy atom. The van der Waals surface area contributed by atoms with Crippen LogP contribution in [0, 0.1) is 0 Å². The Morgan fingerprint density at radius 2 is 1.72 bits per heavy atom. The Bertz CT molecular complexity index is 1410. The molecule has 5 heterocycles. The molecule has 0 spiro atoms. The lowest BCUT2D eigenvalue weighted by Crippen LogP contribution is -2.29. The molecule has 2 N–H and O–H groups in total. The van der Waals surface area contributed by atoms with Crippen LogP contribution in [0.3, 0.4) is 0 Å². The second-order valence-corrected chi connectivity index (χ2v) is 8.30. The first-order valence-electron chi connectivity index (χ1n) is 11.0. The van der Waals surface area contributed by atoms with Gasteiger partial charge >= 0.3 is 0 Å². The number of pyridine rings is 2. The molecule has 0 unspecified atom stereocenters. The van der Waals surface area contributed by atoms with E-state index in [9.17, 15) is 0 Å². The number of ether oxygens (including phenoxy) is 1. The zero-order chi connectivity index (χ0) is 21.5. The van der Waals surface area contributed by atoms with Gasteiger partial charge in [-0.15, -0.1) is 0 Å². The fourth-order valence-corrected chi connectivity index (χ4v) is 4.64. The molecule has 4 aromatic heterocycles. The standard InChI is InChI=1S/C25H24N6O/c1-32-18-9-17(12-26-13-18)16-5-6-21-20(10-16)25(30-29-21)22-11-19-23(28-22)14-27-15-24(19)31-7-3-2-4-8-31/h5-6,9-15,28H,2-4,7-8H2,1H3,(H,29,30). The largest absolute Gasteiger partial charge is 0.495 e. The van der Waals surface area contributed by atoms with Gasteiger partial charge in [-0.05, 0) is 49.1 Å². The zero-order valence-electron chi connectivity index (χ0n) is 17.9. The number of hydrogen-bond donors (Lipinski definition) is 2. The van der Waals surface area contributed by atoms with Gasteiger partial charge in [0.2, 0.25) is 0 Å². The Kier molecular flexibility index (Phi) is 4.52.